The first-order valence-corrected chi connectivity index (χ1v) is 6.32. The van der Waals surface area contributed by atoms with Crippen molar-refractivity contribution in [3.63, 3.8) is 0 Å². The molecule has 1 heterocycles. The summed E-state index contributed by atoms with van der Waals surface area (Å²) in [7, 11) is 0. The van der Waals surface area contributed by atoms with E-state index >= 15 is 0 Å². The van der Waals surface area contributed by atoms with E-state index in [0.29, 0.717) is 6.04 Å². The number of thiophene rings is 1. The van der Waals surface area contributed by atoms with Crippen LogP contribution in [-0.4, -0.2) is 5.54 Å². The van der Waals surface area contributed by atoms with Crippen LogP contribution >= 0.6 is 27.3 Å². The molecule has 4 heteroatoms. The van der Waals surface area contributed by atoms with Crippen LogP contribution < -0.4 is 10.9 Å². The van der Waals surface area contributed by atoms with E-state index in [1.54, 1.807) is 11.3 Å². The van der Waals surface area contributed by atoms with Crippen LogP contribution in [0.5, 0.6) is 0 Å². The van der Waals surface area contributed by atoms with E-state index in [4.69, 9.17) is 0 Å². The van der Waals surface area contributed by atoms with Gasteiger partial charge < -0.3 is 0 Å². The quantitative estimate of drug-likeness (QED) is 0.827. The summed E-state index contributed by atoms with van der Waals surface area (Å²) in [5.41, 5.74) is 6.66. The fourth-order valence-electron chi connectivity index (χ4n) is 0.951. The molecule has 0 saturated heterocycles. The largest absolute Gasteiger partial charge is 0.252 e. The Labute approximate surface area is 98.2 Å². The molecule has 2 N–H and O–H groups in total. The van der Waals surface area contributed by atoms with E-state index < -0.39 is 0 Å². The third kappa shape index (κ3) is 4.09. The molecule has 1 aromatic heterocycles. The predicted octanol–water partition coefficient (Wildman–Crippen LogP) is 3.46. The molecular weight excluding hydrogens is 260 g/mol. The summed E-state index contributed by atoms with van der Waals surface area (Å²) in [6.07, 6.45) is 0. The highest BCUT2D eigenvalue weighted by Crippen LogP contribution is 2.24. The van der Waals surface area contributed by atoms with E-state index in [1.165, 1.54) is 4.88 Å². The minimum absolute atomic E-state index is 0.1000. The molecule has 0 bridgehead atoms. The van der Waals surface area contributed by atoms with Gasteiger partial charge in [0.2, 0.25) is 0 Å². The van der Waals surface area contributed by atoms with Gasteiger partial charge in [0.1, 0.15) is 0 Å². The standard InChI is InChI=1S/C10H17BrN2S/c1-7(12-13-10(2,3)4)9-5-8(11)6-14-9/h5-7,12-13H,1-4H3. The molecule has 1 unspecified atom stereocenters. The molecular formula is C10H17BrN2S. The van der Waals surface area contributed by atoms with E-state index in [9.17, 15) is 0 Å². The minimum atomic E-state index is 0.1000. The lowest BCUT2D eigenvalue weighted by molar-refractivity contribution is 0.329. The van der Waals surface area contributed by atoms with Crippen molar-refractivity contribution in [2.75, 3.05) is 0 Å². The van der Waals surface area contributed by atoms with E-state index in [-0.39, 0.29) is 5.54 Å². The highest BCUT2D eigenvalue weighted by atomic mass is 79.9. The van der Waals surface area contributed by atoms with Crippen molar-refractivity contribution >= 4 is 27.3 Å². The number of hydrogen-bond donors (Lipinski definition) is 2. The van der Waals surface area contributed by atoms with Crippen LogP contribution in [0.1, 0.15) is 38.6 Å². The number of hydrogen-bond acceptors (Lipinski definition) is 3. The molecule has 1 rings (SSSR count). The van der Waals surface area contributed by atoms with Gasteiger partial charge >= 0.3 is 0 Å². The topological polar surface area (TPSA) is 24.1 Å². The third-order valence-electron chi connectivity index (χ3n) is 1.68. The first kappa shape index (κ1) is 12.2. The second-order valence-electron chi connectivity index (χ2n) is 4.41. The molecule has 0 radical (unpaired) electrons. The van der Waals surface area contributed by atoms with Gasteiger partial charge in [0.25, 0.3) is 0 Å². The second-order valence-corrected chi connectivity index (χ2v) is 6.27. The van der Waals surface area contributed by atoms with Crippen molar-refractivity contribution in [2.45, 2.75) is 39.3 Å². The summed E-state index contributed by atoms with van der Waals surface area (Å²) in [6, 6.07) is 2.48. The summed E-state index contributed by atoms with van der Waals surface area (Å²) in [5.74, 6) is 0. The van der Waals surface area contributed by atoms with Crippen molar-refractivity contribution in [2.24, 2.45) is 0 Å². The molecule has 0 amide bonds. The normalized spacial score (nSPS) is 14.4. The molecule has 80 valence electrons. The Morgan fingerprint density at radius 2 is 2.07 bits per heavy atom. The maximum Gasteiger partial charge on any atom is 0.0528 e. The van der Waals surface area contributed by atoms with Gasteiger partial charge in [-0.15, -0.1) is 11.3 Å². The van der Waals surface area contributed by atoms with Crippen LogP contribution in [0.2, 0.25) is 0 Å². The SMILES string of the molecule is CC(NNC(C)(C)C)c1cc(Br)cs1. The van der Waals surface area contributed by atoms with Crippen LogP contribution in [0.15, 0.2) is 15.9 Å². The fourth-order valence-corrected chi connectivity index (χ4v) is 2.40. The van der Waals surface area contributed by atoms with E-state index in [2.05, 4.69) is 65.9 Å². The van der Waals surface area contributed by atoms with Gasteiger partial charge in [-0.3, -0.25) is 5.43 Å². The zero-order valence-electron chi connectivity index (χ0n) is 9.02. The van der Waals surface area contributed by atoms with Gasteiger partial charge in [-0.2, -0.15) is 0 Å². The maximum absolute atomic E-state index is 3.45. The Hall–Kier alpha value is 0.1000. The van der Waals surface area contributed by atoms with Gasteiger partial charge in [0, 0.05) is 20.3 Å². The molecule has 14 heavy (non-hydrogen) atoms. The van der Waals surface area contributed by atoms with Crippen LogP contribution in [0.4, 0.5) is 0 Å². The molecule has 0 aliphatic carbocycles. The highest BCUT2D eigenvalue weighted by molar-refractivity contribution is 9.10. The predicted molar refractivity (Wildman–Crippen MR) is 66.5 cm³/mol. The zero-order valence-corrected chi connectivity index (χ0v) is 11.4. The molecule has 2 nitrogen and oxygen atoms in total. The van der Waals surface area contributed by atoms with Crippen molar-refractivity contribution in [3.05, 3.63) is 20.8 Å². The Kier molecular flexibility index (Phi) is 4.13. The average Bonchev–Trinajstić information content (AvgIpc) is 2.46. The third-order valence-corrected chi connectivity index (χ3v) is 3.55. The van der Waals surface area contributed by atoms with Crippen molar-refractivity contribution < 1.29 is 0 Å². The minimum Gasteiger partial charge on any atom is -0.252 e. The number of hydrazine groups is 1. The summed E-state index contributed by atoms with van der Waals surface area (Å²) < 4.78 is 1.15. The lowest BCUT2D eigenvalue weighted by Crippen LogP contribution is -2.46. The van der Waals surface area contributed by atoms with Crippen LogP contribution in [0.3, 0.4) is 0 Å². The zero-order chi connectivity index (χ0) is 10.8. The van der Waals surface area contributed by atoms with Gasteiger partial charge in [0.15, 0.2) is 0 Å². The lowest BCUT2D eigenvalue weighted by Gasteiger charge is -2.24. The summed E-state index contributed by atoms with van der Waals surface area (Å²) in [6.45, 7) is 8.56. The van der Waals surface area contributed by atoms with Crippen LogP contribution in [0.25, 0.3) is 0 Å². The molecule has 0 aliphatic rings. The molecule has 1 atom stereocenters. The Balaban J connectivity index is 2.47. The average molecular weight is 277 g/mol. The fraction of sp³-hybridized carbons (Fsp3) is 0.600. The number of rotatable bonds is 3. The van der Waals surface area contributed by atoms with Gasteiger partial charge in [0.05, 0.1) is 6.04 Å². The Bertz CT molecular complexity index is 291. The van der Waals surface area contributed by atoms with Crippen LogP contribution in [-0.2, 0) is 0 Å². The Morgan fingerprint density at radius 3 is 2.50 bits per heavy atom. The highest BCUT2D eigenvalue weighted by Gasteiger charge is 2.12. The molecule has 0 aliphatic heterocycles. The molecule has 0 aromatic carbocycles. The molecule has 0 saturated carbocycles. The Morgan fingerprint density at radius 1 is 1.43 bits per heavy atom. The molecule has 0 fully saturated rings. The first-order chi connectivity index (χ1) is 6.38. The monoisotopic (exact) mass is 276 g/mol. The summed E-state index contributed by atoms with van der Waals surface area (Å²) in [4.78, 5) is 1.33. The molecule has 0 spiro atoms. The van der Waals surface area contributed by atoms with Crippen molar-refractivity contribution in [3.8, 4) is 0 Å². The molecule has 1 aromatic rings. The smallest absolute Gasteiger partial charge is 0.0528 e. The lowest BCUT2D eigenvalue weighted by atomic mass is 10.1. The van der Waals surface area contributed by atoms with Crippen LogP contribution in [0, 0.1) is 0 Å². The van der Waals surface area contributed by atoms with E-state index in [1.807, 2.05) is 0 Å². The summed E-state index contributed by atoms with van der Waals surface area (Å²) >= 11 is 5.21. The summed E-state index contributed by atoms with van der Waals surface area (Å²) in [5, 5.41) is 2.10. The van der Waals surface area contributed by atoms with Gasteiger partial charge in [-0.25, -0.2) is 5.43 Å². The van der Waals surface area contributed by atoms with Gasteiger partial charge in [-0.05, 0) is 49.7 Å². The first-order valence-electron chi connectivity index (χ1n) is 4.65. The van der Waals surface area contributed by atoms with Crippen molar-refractivity contribution in [1.29, 1.82) is 0 Å². The number of nitrogens with one attached hydrogen (secondary N) is 2. The second kappa shape index (κ2) is 4.75. The van der Waals surface area contributed by atoms with Crippen molar-refractivity contribution in [1.82, 2.24) is 10.9 Å². The van der Waals surface area contributed by atoms with E-state index in [0.717, 1.165) is 4.47 Å². The maximum atomic E-state index is 3.45. The van der Waals surface area contributed by atoms with Gasteiger partial charge in [-0.1, -0.05) is 0 Å². The number of halogens is 1.